The number of morpholine rings is 1. The van der Waals surface area contributed by atoms with Crippen LogP contribution < -0.4 is 0 Å². The summed E-state index contributed by atoms with van der Waals surface area (Å²) >= 11 is 6.07. The highest BCUT2D eigenvalue weighted by Crippen LogP contribution is 2.27. The summed E-state index contributed by atoms with van der Waals surface area (Å²) in [5, 5.41) is 0.707. The normalized spacial score (nSPS) is 17.8. The number of carbonyl (C=O) groups excluding carboxylic acids is 1. The summed E-state index contributed by atoms with van der Waals surface area (Å²) < 4.78 is 8.04. The number of benzene rings is 2. The van der Waals surface area contributed by atoms with Crippen molar-refractivity contribution in [2.45, 2.75) is 25.0 Å². The SMILES string of the molecule is O=C(C[C@@H](Cn1cccc1)c1ccc(Cl)cc1)N1CCO[C@@H](c2ccccc2)C1. The average Bonchev–Trinajstić information content (AvgIpc) is 3.28. The van der Waals surface area contributed by atoms with E-state index in [1.165, 1.54) is 0 Å². The first-order chi connectivity index (χ1) is 14.2. The highest BCUT2D eigenvalue weighted by molar-refractivity contribution is 6.30. The molecule has 4 nitrogen and oxygen atoms in total. The molecular weight excluding hydrogens is 384 g/mol. The van der Waals surface area contributed by atoms with Gasteiger partial charge in [0.2, 0.25) is 5.91 Å². The number of carbonyl (C=O) groups is 1. The van der Waals surface area contributed by atoms with E-state index in [-0.39, 0.29) is 17.9 Å². The summed E-state index contributed by atoms with van der Waals surface area (Å²) in [6, 6.07) is 22.0. The number of hydrogen-bond donors (Lipinski definition) is 0. The van der Waals surface area contributed by atoms with E-state index >= 15 is 0 Å². The van der Waals surface area contributed by atoms with Crippen molar-refractivity contribution in [3.8, 4) is 0 Å². The molecule has 1 aromatic heterocycles. The Morgan fingerprint density at radius 3 is 2.48 bits per heavy atom. The van der Waals surface area contributed by atoms with Gasteiger partial charge in [-0.3, -0.25) is 4.79 Å². The first-order valence-corrected chi connectivity index (χ1v) is 10.4. The van der Waals surface area contributed by atoms with Gasteiger partial charge in [-0.05, 0) is 35.4 Å². The molecule has 0 saturated carbocycles. The van der Waals surface area contributed by atoms with E-state index in [4.69, 9.17) is 16.3 Å². The second-order valence-corrected chi connectivity index (χ2v) is 7.88. The summed E-state index contributed by atoms with van der Waals surface area (Å²) in [4.78, 5) is 15.1. The number of halogens is 1. The molecule has 3 aromatic rings. The van der Waals surface area contributed by atoms with E-state index in [0.29, 0.717) is 31.1 Å². The minimum atomic E-state index is -0.0627. The van der Waals surface area contributed by atoms with Crippen molar-refractivity contribution in [2.75, 3.05) is 19.7 Å². The third-order valence-corrected chi connectivity index (χ3v) is 5.70. The molecule has 1 aliphatic heterocycles. The van der Waals surface area contributed by atoms with Gasteiger partial charge in [-0.15, -0.1) is 0 Å². The predicted octanol–water partition coefficient (Wildman–Crippen LogP) is 4.92. The van der Waals surface area contributed by atoms with Crippen LogP contribution in [-0.2, 0) is 16.1 Å². The Morgan fingerprint density at radius 1 is 1.03 bits per heavy atom. The van der Waals surface area contributed by atoms with E-state index in [2.05, 4.69) is 16.7 Å². The molecule has 0 N–H and O–H groups in total. The largest absolute Gasteiger partial charge is 0.370 e. The lowest BCUT2D eigenvalue weighted by molar-refractivity contribution is -0.139. The Kier molecular flexibility index (Phi) is 6.33. The Bertz CT molecular complexity index is 910. The van der Waals surface area contributed by atoms with Crippen molar-refractivity contribution in [1.82, 2.24) is 9.47 Å². The van der Waals surface area contributed by atoms with Gasteiger partial charge in [0.25, 0.3) is 0 Å². The fourth-order valence-corrected chi connectivity index (χ4v) is 3.98. The molecule has 0 radical (unpaired) electrons. The van der Waals surface area contributed by atoms with Crippen molar-refractivity contribution < 1.29 is 9.53 Å². The van der Waals surface area contributed by atoms with Crippen LogP contribution in [0, 0.1) is 0 Å². The molecule has 2 atom stereocenters. The molecule has 4 rings (SSSR count). The zero-order valence-corrected chi connectivity index (χ0v) is 17.0. The quantitative estimate of drug-likeness (QED) is 0.580. The monoisotopic (exact) mass is 408 g/mol. The molecule has 2 aromatic carbocycles. The molecule has 1 aliphatic rings. The predicted molar refractivity (Wildman–Crippen MR) is 115 cm³/mol. The van der Waals surface area contributed by atoms with Crippen LogP contribution in [0.5, 0.6) is 0 Å². The average molecular weight is 409 g/mol. The van der Waals surface area contributed by atoms with Gasteiger partial charge in [0, 0.05) is 42.8 Å². The van der Waals surface area contributed by atoms with Crippen molar-refractivity contribution >= 4 is 17.5 Å². The molecule has 2 heterocycles. The van der Waals surface area contributed by atoms with Gasteiger partial charge in [-0.1, -0.05) is 54.1 Å². The minimum Gasteiger partial charge on any atom is -0.370 e. The fraction of sp³-hybridized carbons (Fsp3) is 0.292. The molecule has 1 amide bonds. The molecular formula is C24H25ClN2O2. The number of amides is 1. The van der Waals surface area contributed by atoms with Gasteiger partial charge >= 0.3 is 0 Å². The van der Waals surface area contributed by atoms with Crippen LogP contribution in [0.4, 0.5) is 0 Å². The van der Waals surface area contributed by atoms with E-state index < -0.39 is 0 Å². The Morgan fingerprint density at radius 2 is 1.76 bits per heavy atom. The molecule has 1 fully saturated rings. The first-order valence-electron chi connectivity index (χ1n) is 9.99. The van der Waals surface area contributed by atoms with E-state index in [9.17, 15) is 4.79 Å². The summed E-state index contributed by atoms with van der Waals surface area (Å²) in [6.07, 6.45) is 4.47. The highest BCUT2D eigenvalue weighted by Gasteiger charge is 2.27. The number of hydrogen-bond acceptors (Lipinski definition) is 2. The standard InChI is InChI=1S/C24H25ClN2O2/c25-22-10-8-19(9-11-22)21(17-26-12-4-5-13-26)16-24(28)27-14-15-29-23(18-27)20-6-2-1-3-7-20/h1-13,21,23H,14-18H2/t21-,23+/m0/s1. The molecule has 29 heavy (non-hydrogen) atoms. The van der Waals surface area contributed by atoms with E-state index in [1.807, 2.05) is 71.9 Å². The van der Waals surface area contributed by atoms with Gasteiger partial charge in [0.15, 0.2) is 0 Å². The molecule has 5 heteroatoms. The lowest BCUT2D eigenvalue weighted by Gasteiger charge is -2.34. The first kappa shape index (κ1) is 19.7. The summed E-state index contributed by atoms with van der Waals surface area (Å²) in [7, 11) is 0. The van der Waals surface area contributed by atoms with Crippen LogP contribution in [0.2, 0.25) is 5.02 Å². The topological polar surface area (TPSA) is 34.5 Å². The summed E-state index contributed by atoms with van der Waals surface area (Å²) in [5.74, 6) is 0.256. The second-order valence-electron chi connectivity index (χ2n) is 7.44. The number of ether oxygens (including phenoxy) is 1. The van der Waals surface area contributed by atoms with Gasteiger partial charge in [0.1, 0.15) is 6.10 Å². The van der Waals surface area contributed by atoms with Gasteiger partial charge in [-0.2, -0.15) is 0 Å². The summed E-state index contributed by atoms with van der Waals surface area (Å²) in [5.41, 5.74) is 2.25. The van der Waals surface area contributed by atoms with Crippen molar-refractivity contribution in [2.24, 2.45) is 0 Å². The van der Waals surface area contributed by atoms with Crippen LogP contribution in [0.1, 0.15) is 29.6 Å². The number of rotatable bonds is 6. The van der Waals surface area contributed by atoms with Crippen LogP contribution in [0.25, 0.3) is 0 Å². The third-order valence-electron chi connectivity index (χ3n) is 5.45. The highest BCUT2D eigenvalue weighted by atomic mass is 35.5. The van der Waals surface area contributed by atoms with Crippen LogP contribution in [-0.4, -0.2) is 35.1 Å². The van der Waals surface area contributed by atoms with Gasteiger partial charge in [-0.25, -0.2) is 0 Å². The van der Waals surface area contributed by atoms with Gasteiger partial charge < -0.3 is 14.2 Å². The third kappa shape index (κ3) is 5.08. The smallest absolute Gasteiger partial charge is 0.223 e. The maximum atomic E-state index is 13.2. The molecule has 1 saturated heterocycles. The molecule has 0 bridgehead atoms. The maximum Gasteiger partial charge on any atom is 0.223 e. The Balaban J connectivity index is 1.47. The number of nitrogens with zero attached hydrogens (tertiary/aromatic N) is 2. The van der Waals surface area contributed by atoms with Crippen LogP contribution in [0.3, 0.4) is 0 Å². The van der Waals surface area contributed by atoms with Crippen LogP contribution >= 0.6 is 11.6 Å². The number of aromatic nitrogens is 1. The van der Waals surface area contributed by atoms with E-state index in [1.54, 1.807) is 0 Å². The molecule has 0 spiro atoms. The van der Waals surface area contributed by atoms with Crippen molar-refractivity contribution in [3.63, 3.8) is 0 Å². The van der Waals surface area contributed by atoms with Crippen molar-refractivity contribution in [3.05, 3.63) is 95.3 Å². The lowest BCUT2D eigenvalue weighted by atomic mass is 9.94. The van der Waals surface area contributed by atoms with E-state index in [0.717, 1.165) is 17.7 Å². The summed E-state index contributed by atoms with van der Waals surface area (Å²) in [6.45, 7) is 2.56. The second kappa shape index (κ2) is 9.29. The Hall–Kier alpha value is -2.56. The van der Waals surface area contributed by atoms with Crippen molar-refractivity contribution in [1.29, 1.82) is 0 Å². The van der Waals surface area contributed by atoms with Gasteiger partial charge in [0.05, 0.1) is 13.2 Å². The van der Waals surface area contributed by atoms with Crippen LogP contribution in [0.15, 0.2) is 79.1 Å². The maximum absolute atomic E-state index is 13.2. The lowest BCUT2D eigenvalue weighted by Crippen LogP contribution is -2.42. The zero-order valence-electron chi connectivity index (χ0n) is 16.3. The minimum absolute atomic E-state index is 0.0627. The zero-order chi connectivity index (χ0) is 20.1. The molecule has 0 unspecified atom stereocenters. The Labute approximate surface area is 176 Å². The fourth-order valence-electron chi connectivity index (χ4n) is 3.85. The molecule has 0 aliphatic carbocycles. The molecule has 150 valence electrons.